The number of aromatic nitrogens is 1. The van der Waals surface area contributed by atoms with Crippen LogP contribution in [0.1, 0.15) is 45.7 Å². The van der Waals surface area contributed by atoms with Gasteiger partial charge in [-0.2, -0.15) is 0 Å². The van der Waals surface area contributed by atoms with Gasteiger partial charge >= 0.3 is 0 Å². The monoisotopic (exact) mass is 408 g/mol. The Balaban J connectivity index is 1.79. The molecule has 0 unspecified atom stereocenters. The van der Waals surface area contributed by atoms with Crippen LogP contribution in [0.25, 0.3) is 11.6 Å². The lowest BCUT2D eigenvalue weighted by Crippen LogP contribution is -2.32. The van der Waals surface area contributed by atoms with E-state index in [1.807, 2.05) is 26.0 Å². The van der Waals surface area contributed by atoms with Crippen LogP contribution in [0, 0.1) is 6.92 Å². The number of H-pyrrole nitrogens is 1. The Hall–Kier alpha value is -3.39. The summed E-state index contributed by atoms with van der Waals surface area (Å²) in [6.07, 6.45) is 1.69. The second-order valence-corrected chi connectivity index (χ2v) is 7.48. The summed E-state index contributed by atoms with van der Waals surface area (Å²) < 4.78 is 5.48. The molecule has 0 saturated heterocycles. The Kier molecular flexibility index (Phi) is 5.41. The van der Waals surface area contributed by atoms with Crippen molar-refractivity contribution in [1.29, 1.82) is 0 Å². The van der Waals surface area contributed by atoms with Crippen molar-refractivity contribution in [2.75, 3.05) is 31.6 Å². The van der Waals surface area contributed by atoms with E-state index in [0.29, 0.717) is 54.4 Å². The molecular formula is C22H24N4O4. The van der Waals surface area contributed by atoms with Gasteiger partial charge in [0.15, 0.2) is 0 Å². The normalized spacial score (nSPS) is 21.6. The summed E-state index contributed by atoms with van der Waals surface area (Å²) in [6, 6.07) is 7.26. The molecule has 8 nitrogen and oxygen atoms in total. The first kappa shape index (κ1) is 19.9. The molecule has 1 atom stereocenters. The molecule has 0 saturated carbocycles. The minimum atomic E-state index is -0.380. The van der Waals surface area contributed by atoms with Crippen LogP contribution in [0.3, 0.4) is 0 Å². The van der Waals surface area contributed by atoms with Gasteiger partial charge in [0.2, 0.25) is 5.91 Å². The lowest BCUT2D eigenvalue weighted by atomic mass is 9.95. The van der Waals surface area contributed by atoms with Gasteiger partial charge in [0.05, 0.1) is 36.0 Å². The molecule has 2 aliphatic heterocycles. The molecule has 1 aromatic heterocycles. The maximum atomic E-state index is 12.6. The number of rotatable bonds is 0. The van der Waals surface area contributed by atoms with E-state index in [0.717, 1.165) is 11.3 Å². The van der Waals surface area contributed by atoms with E-state index in [4.69, 9.17) is 4.74 Å². The van der Waals surface area contributed by atoms with Crippen molar-refractivity contribution in [2.45, 2.75) is 19.8 Å². The summed E-state index contributed by atoms with van der Waals surface area (Å²) in [5.41, 5.74) is 4.49. The molecule has 2 bridgehead atoms. The molecule has 3 heterocycles. The Bertz CT molecular complexity index is 1050. The molecule has 8 heteroatoms. The summed E-state index contributed by atoms with van der Waals surface area (Å²) in [6.45, 7) is 5.10. The van der Waals surface area contributed by atoms with Gasteiger partial charge in [-0.1, -0.05) is 6.07 Å². The number of hydrogen-bond donors (Lipinski definition) is 4. The maximum Gasteiger partial charge on any atom is 0.256 e. The Morgan fingerprint density at radius 3 is 2.53 bits per heavy atom. The van der Waals surface area contributed by atoms with Crippen LogP contribution < -0.4 is 16.0 Å². The van der Waals surface area contributed by atoms with Crippen LogP contribution in [0.15, 0.2) is 24.3 Å². The number of benzene rings is 1. The molecule has 0 aliphatic carbocycles. The topological polar surface area (TPSA) is 112 Å². The molecular weight excluding hydrogens is 384 g/mol. The molecule has 156 valence electrons. The van der Waals surface area contributed by atoms with Gasteiger partial charge in [-0.15, -0.1) is 0 Å². The van der Waals surface area contributed by atoms with E-state index in [2.05, 4.69) is 20.9 Å². The van der Waals surface area contributed by atoms with Crippen LogP contribution in [-0.4, -0.2) is 49.0 Å². The summed E-state index contributed by atoms with van der Waals surface area (Å²) in [7, 11) is 0. The average molecular weight is 408 g/mol. The van der Waals surface area contributed by atoms with Crippen molar-refractivity contribution in [3.8, 4) is 0 Å². The zero-order chi connectivity index (χ0) is 21.3. The summed E-state index contributed by atoms with van der Waals surface area (Å²) in [4.78, 5) is 40.9. The minimum absolute atomic E-state index is 0.110. The quantitative estimate of drug-likeness (QED) is 0.532. The fourth-order valence-corrected chi connectivity index (χ4v) is 3.66. The van der Waals surface area contributed by atoms with Crippen LogP contribution in [0.2, 0.25) is 0 Å². The molecule has 3 amide bonds. The number of anilines is 1. The van der Waals surface area contributed by atoms with E-state index < -0.39 is 0 Å². The highest BCUT2D eigenvalue weighted by Gasteiger charge is 2.27. The highest BCUT2D eigenvalue weighted by atomic mass is 16.5. The predicted octanol–water partition coefficient (Wildman–Crippen LogP) is 1.80. The van der Waals surface area contributed by atoms with E-state index in [-0.39, 0.29) is 23.6 Å². The van der Waals surface area contributed by atoms with Crippen molar-refractivity contribution in [3.63, 3.8) is 0 Å². The van der Waals surface area contributed by atoms with Gasteiger partial charge in [0.25, 0.3) is 11.8 Å². The molecule has 2 aliphatic rings. The van der Waals surface area contributed by atoms with Gasteiger partial charge in [0, 0.05) is 30.0 Å². The third-order valence-electron chi connectivity index (χ3n) is 5.31. The summed E-state index contributed by atoms with van der Waals surface area (Å²) >= 11 is 0. The van der Waals surface area contributed by atoms with Crippen LogP contribution in [0.4, 0.5) is 5.69 Å². The zero-order valence-corrected chi connectivity index (χ0v) is 16.9. The first-order valence-electron chi connectivity index (χ1n) is 9.94. The molecule has 4 rings (SSSR count). The number of aryl methyl sites for hydroxylation is 1. The van der Waals surface area contributed by atoms with Crippen LogP contribution in [-0.2, 0) is 14.3 Å². The SMILES string of the molecule is Cc1cc2c([nH]1)/C=C1\C(=O)Nc3ccc(cc31)[C@H](C)C(=O)NCCOCCNC2=O. The summed E-state index contributed by atoms with van der Waals surface area (Å²) in [5.74, 6) is -0.978. The Labute approximate surface area is 174 Å². The first-order chi connectivity index (χ1) is 14.4. The second kappa shape index (κ2) is 8.16. The third-order valence-corrected chi connectivity index (χ3v) is 5.31. The zero-order valence-electron chi connectivity index (χ0n) is 16.9. The van der Waals surface area contributed by atoms with Crippen molar-refractivity contribution in [3.05, 3.63) is 52.3 Å². The van der Waals surface area contributed by atoms with Crippen LogP contribution in [0.5, 0.6) is 0 Å². The second-order valence-electron chi connectivity index (χ2n) is 7.48. The molecule has 2 aromatic rings. The van der Waals surface area contributed by atoms with Crippen molar-refractivity contribution in [1.82, 2.24) is 15.6 Å². The predicted molar refractivity (Wildman–Crippen MR) is 113 cm³/mol. The number of aromatic amines is 1. The lowest BCUT2D eigenvalue weighted by molar-refractivity contribution is -0.122. The molecule has 0 spiro atoms. The molecule has 0 radical (unpaired) electrons. The van der Waals surface area contributed by atoms with Crippen molar-refractivity contribution < 1.29 is 19.1 Å². The fraction of sp³-hybridized carbons (Fsp3) is 0.318. The number of nitrogens with one attached hydrogen (secondary N) is 4. The molecule has 0 fully saturated rings. The molecule has 30 heavy (non-hydrogen) atoms. The van der Waals surface area contributed by atoms with E-state index in [1.165, 1.54) is 0 Å². The maximum absolute atomic E-state index is 12.6. The fourth-order valence-electron chi connectivity index (χ4n) is 3.66. The van der Waals surface area contributed by atoms with Gasteiger partial charge in [0.1, 0.15) is 0 Å². The lowest BCUT2D eigenvalue weighted by Gasteiger charge is -2.14. The molecule has 1 aromatic carbocycles. The first-order valence-corrected chi connectivity index (χ1v) is 9.94. The Morgan fingerprint density at radius 2 is 1.73 bits per heavy atom. The van der Waals surface area contributed by atoms with E-state index >= 15 is 0 Å². The number of amides is 3. The van der Waals surface area contributed by atoms with Crippen molar-refractivity contribution in [2.24, 2.45) is 0 Å². The Morgan fingerprint density at radius 1 is 0.967 bits per heavy atom. The number of carbonyl (C=O) groups excluding carboxylic acids is 3. The van der Waals surface area contributed by atoms with Gasteiger partial charge in [-0.25, -0.2) is 0 Å². The highest BCUT2D eigenvalue weighted by molar-refractivity contribution is 6.35. The number of fused-ring (bicyclic) bond motifs is 2. The van der Waals surface area contributed by atoms with E-state index in [9.17, 15) is 14.4 Å². The van der Waals surface area contributed by atoms with Gasteiger partial charge in [-0.05, 0) is 43.7 Å². The van der Waals surface area contributed by atoms with Crippen LogP contribution >= 0.6 is 0 Å². The van der Waals surface area contributed by atoms with Gasteiger partial charge in [-0.3, -0.25) is 14.4 Å². The van der Waals surface area contributed by atoms with E-state index in [1.54, 1.807) is 18.2 Å². The number of hydrogen-bond acceptors (Lipinski definition) is 4. The third kappa shape index (κ3) is 3.86. The van der Waals surface area contributed by atoms with Crippen molar-refractivity contribution >= 4 is 35.1 Å². The summed E-state index contributed by atoms with van der Waals surface area (Å²) in [5, 5.41) is 8.53. The standard InChI is InChI=1S/C22H24N4O4/c1-12-9-17-19(25-12)11-16-15-10-14(3-4-18(15)26-22(16)29)13(2)20(27)23-5-7-30-8-6-24-21(17)28/h3-4,9-11,13,25H,5-8H2,1-2H3,(H,23,27)(H,24,28)(H,26,29)/b16-11-/t13-/m0/s1. The largest absolute Gasteiger partial charge is 0.378 e. The average Bonchev–Trinajstić information content (AvgIpc) is 3.24. The number of carbonyl (C=O) groups is 3. The highest BCUT2D eigenvalue weighted by Crippen LogP contribution is 2.35. The smallest absolute Gasteiger partial charge is 0.256 e. The molecule has 4 N–H and O–H groups in total. The number of ether oxygens (including phenoxy) is 1. The minimum Gasteiger partial charge on any atom is -0.378 e. The van der Waals surface area contributed by atoms with Gasteiger partial charge < -0.3 is 25.7 Å².